The normalized spacial score (nSPS) is 15.6. The fourth-order valence-corrected chi connectivity index (χ4v) is 4.60. The fraction of sp³-hybridized carbons (Fsp3) is 0.409. The molecule has 1 N–H and O–H groups in total. The van der Waals surface area contributed by atoms with Crippen LogP contribution in [-0.2, 0) is 15.6 Å². The van der Waals surface area contributed by atoms with Crippen molar-refractivity contribution in [3.63, 3.8) is 0 Å². The number of rotatable bonds is 8. The third-order valence-electron chi connectivity index (χ3n) is 5.06. The number of hydrogen-bond donors (Lipinski definition) is 1. The van der Waals surface area contributed by atoms with Gasteiger partial charge in [0.15, 0.2) is 9.84 Å². The Bertz CT molecular complexity index is 1020. The summed E-state index contributed by atoms with van der Waals surface area (Å²) in [6, 6.07) is 12.0. The van der Waals surface area contributed by atoms with Crippen LogP contribution in [0.2, 0.25) is 10.0 Å². The van der Waals surface area contributed by atoms with E-state index in [1.165, 1.54) is 6.26 Å². The first kappa shape index (κ1) is 23.9. The van der Waals surface area contributed by atoms with Gasteiger partial charge in [0, 0.05) is 44.1 Å². The number of piperidine rings is 1. The van der Waals surface area contributed by atoms with E-state index in [0.717, 1.165) is 38.2 Å². The topological polar surface area (TPSA) is 75.7 Å². The minimum atomic E-state index is -3.14. The van der Waals surface area contributed by atoms with Gasteiger partial charge in [0.25, 0.3) is 5.91 Å². The molecule has 0 unspecified atom stereocenters. The highest BCUT2D eigenvalue weighted by molar-refractivity contribution is 7.89. The Morgan fingerprint density at radius 2 is 1.87 bits per heavy atom. The first-order chi connectivity index (χ1) is 14.7. The fourth-order valence-electron chi connectivity index (χ4n) is 3.53. The first-order valence-corrected chi connectivity index (χ1v) is 12.9. The number of amides is 1. The van der Waals surface area contributed by atoms with Crippen molar-refractivity contribution in [2.75, 3.05) is 32.4 Å². The van der Waals surface area contributed by atoms with Crippen LogP contribution in [0.3, 0.4) is 0 Å². The number of halogens is 2. The van der Waals surface area contributed by atoms with E-state index < -0.39 is 9.84 Å². The maximum Gasteiger partial charge on any atom is 0.251 e. The largest absolute Gasteiger partial charge is 0.490 e. The van der Waals surface area contributed by atoms with Crippen molar-refractivity contribution in [3.05, 3.63) is 63.6 Å². The molecule has 3 rings (SSSR count). The van der Waals surface area contributed by atoms with E-state index in [2.05, 4.69) is 10.2 Å². The Labute approximate surface area is 193 Å². The number of sulfone groups is 1. The molecule has 0 bridgehead atoms. The van der Waals surface area contributed by atoms with Crippen LogP contribution < -0.4 is 10.1 Å². The van der Waals surface area contributed by atoms with E-state index in [1.807, 2.05) is 6.07 Å². The van der Waals surface area contributed by atoms with Gasteiger partial charge in [-0.05, 0) is 42.7 Å². The number of ether oxygens (including phenoxy) is 1. The standard InChI is InChI=1S/C22H26Cl2N2O4S/c1-31(28,29)15-16-3-2-4-17(13-16)22(27)25-9-12-26-10-7-18(8-11-26)30-19-5-6-20(23)21(24)14-19/h2-6,13-14,18H,7-12,15H2,1H3,(H,25,27). The third-order valence-corrected chi connectivity index (χ3v) is 6.66. The van der Waals surface area contributed by atoms with Gasteiger partial charge in [0.1, 0.15) is 11.9 Å². The molecule has 0 aliphatic carbocycles. The Morgan fingerprint density at radius 3 is 2.55 bits per heavy atom. The lowest BCUT2D eigenvalue weighted by Crippen LogP contribution is -2.42. The van der Waals surface area contributed by atoms with Crippen molar-refractivity contribution in [1.29, 1.82) is 0 Å². The summed E-state index contributed by atoms with van der Waals surface area (Å²) in [5.41, 5.74) is 1.08. The Kier molecular flexibility index (Phi) is 8.22. The molecular weight excluding hydrogens is 459 g/mol. The lowest BCUT2D eigenvalue weighted by molar-refractivity contribution is 0.0905. The molecule has 1 aliphatic rings. The van der Waals surface area contributed by atoms with Crippen LogP contribution in [0.1, 0.15) is 28.8 Å². The number of hydrogen-bond acceptors (Lipinski definition) is 5. The van der Waals surface area contributed by atoms with Crippen LogP contribution in [0, 0.1) is 0 Å². The van der Waals surface area contributed by atoms with Crippen molar-refractivity contribution < 1.29 is 17.9 Å². The van der Waals surface area contributed by atoms with Gasteiger partial charge >= 0.3 is 0 Å². The predicted molar refractivity (Wildman–Crippen MR) is 124 cm³/mol. The Balaban J connectivity index is 1.40. The molecule has 2 aromatic carbocycles. The molecule has 0 aromatic heterocycles. The summed E-state index contributed by atoms with van der Waals surface area (Å²) in [5, 5.41) is 3.90. The van der Waals surface area contributed by atoms with E-state index in [-0.39, 0.29) is 17.8 Å². The Hall–Kier alpha value is -1.80. The number of carbonyl (C=O) groups is 1. The number of nitrogens with zero attached hydrogens (tertiary/aromatic N) is 1. The lowest BCUT2D eigenvalue weighted by Gasteiger charge is -2.32. The second-order valence-electron chi connectivity index (χ2n) is 7.76. The van der Waals surface area contributed by atoms with Crippen LogP contribution >= 0.6 is 23.2 Å². The number of benzene rings is 2. The van der Waals surface area contributed by atoms with E-state index in [1.54, 1.807) is 36.4 Å². The van der Waals surface area contributed by atoms with Gasteiger partial charge in [-0.2, -0.15) is 0 Å². The molecule has 0 spiro atoms. The average molecular weight is 485 g/mol. The molecular formula is C22H26Cl2N2O4S. The quantitative estimate of drug-likeness (QED) is 0.616. The molecule has 1 amide bonds. The molecule has 1 aliphatic heterocycles. The summed E-state index contributed by atoms with van der Waals surface area (Å²) in [4.78, 5) is 14.7. The minimum Gasteiger partial charge on any atom is -0.490 e. The monoisotopic (exact) mass is 484 g/mol. The summed E-state index contributed by atoms with van der Waals surface area (Å²) in [7, 11) is -3.14. The molecule has 9 heteroatoms. The van der Waals surface area contributed by atoms with Crippen molar-refractivity contribution >= 4 is 38.9 Å². The summed E-state index contributed by atoms with van der Waals surface area (Å²) in [5.74, 6) is 0.444. The molecule has 0 atom stereocenters. The molecule has 2 aromatic rings. The number of carbonyl (C=O) groups excluding carboxylic acids is 1. The second-order valence-corrected chi connectivity index (χ2v) is 10.7. The number of nitrogens with one attached hydrogen (secondary N) is 1. The zero-order valence-electron chi connectivity index (χ0n) is 17.3. The highest BCUT2D eigenvalue weighted by Gasteiger charge is 2.20. The van der Waals surface area contributed by atoms with Crippen molar-refractivity contribution in [1.82, 2.24) is 10.2 Å². The van der Waals surface area contributed by atoms with Gasteiger partial charge in [-0.25, -0.2) is 8.42 Å². The predicted octanol–water partition coefficient (Wildman–Crippen LogP) is 3.81. The van der Waals surface area contributed by atoms with Crippen molar-refractivity contribution in [2.45, 2.75) is 24.7 Å². The molecule has 0 radical (unpaired) electrons. The van der Waals surface area contributed by atoms with Gasteiger partial charge in [-0.1, -0.05) is 35.3 Å². The van der Waals surface area contributed by atoms with Gasteiger partial charge in [0.05, 0.1) is 15.8 Å². The van der Waals surface area contributed by atoms with Gasteiger partial charge in [0.2, 0.25) is 0 Å². The smallest absolute Gasteiger partial charge is 0.251 e. The van der Waals surface area contributed by atoms with Gasteiger partial charge < -0.3 is 15.0 Å². The van der Waals surface area contributed by atoms with Crippen LogP contribution in [0.4, 0.5) is 0 Å². The summed E-state index contributed by atoms with van der Waals surface area (Å²) < 4.78 is 28.9. The van der Waals surface area contributed by atoms with Crippen molar-refractivity contribution in [2.24, 2.45) is 0 Å². The van der Waals surface area contributed by atoms with E-state index in [9.17, 15) is 13.2 Å². The van der Waals surface area contributed by atoms with Crippen LogP contribution in [0.15, 0.2) is 42.5 Å². The van der Waals surface area contributed by atoms with Gasteiger partial charge in [-0.3, -0.25) is 4.79 Å². The van der Waals surface area contributed by atoms with Crippen LogP contribution in [-0.4, -0.2) is 57.8 Å². The van der Waals surface area contributed by atoms with Gasteiger partial charge in [-0.15, -0.1) is 0 Å². The number of likely N-dealkylation sites (tertiary alicyclic amines) is 1. The Morgan fingerprint density at radius 1 is 1.13 bits per heavy atom. The molecule has 6 nitrogen and oxygen atoms in total. The summed E-state index contributed by atoms with van der Waals surface area (Å²) in [6.45, 7) is 3.03. The molecule has 168 valence electrons. The summed E-state index contributed by atoms with van der Waals surface area (Å²) in [6.07, 6.45) is 3.09. The SMILES string of the molecule is CS(=O)(=O)Cc1cccc(C(=O)NCCN2CCC(Oc3ccc(Cl)c(Cl)c3)CC2)c1. The summed E-state index contributed by atoms with van der Waals surface area (Å²) >= 11 is 12.0. The highest BCUT2D eigenvalue weighted by atomic mass is 35.5. The maximum atomic E-state index is 12.4. The van der Waals surface area contributed by atoms with E-state index >= 15 is 0 Å². The zero-order valence-corrected chi connectivity index (χ0v) is 19.6. The maximum absolute atomic E-state index is 12.4. The van der Waals surface area contributed by atoms with E-state index in [4.69, 9.17) is 27.9 Å². The molecule has 1 fully saturated rings. The second kappa shape index (κ2) is 10.7. The minimum absolute atomic E-state index is 0.0760. The first-order valence-electron chi connectivity index (χ1n) is 10.1. The zero-order chi connectivity index (χ0) is 22.4. The molecule has 1 heterocycles. The molecule has 0 saturated carbocycles. The highest BCUT2D eigenvalue weighted by Crippen LogP contribution is 2.28. The molecule has 1 saturated heterocycles. The average Bonchev–Trinajstić information content (AvgIpc) is 2.71. The third kappa shape index (κ3) is 7.68. The lowest BCUT2D eigenvalue weighted by atomic mass is 10.1. The van der Waals surface area contributed by atoms with E-state index in [0.29, 0.717) is 27.7 Å². The van der Waals surface area contributed by atoms with Crippen LogP contribution in [0.25, 0.3) is 0 Å². The van der Waals surface area contributed by atoms with Crippen molar-refractivity contribution in [3.8, 4) is 5.75 Å². The molecule has 31 heavy (non-hydrogen) atoms. The van der Waals surface area contributed by atoms with Crippen LogP contribution in [0.5, 0.6) is 5.75 Å².